The van der Waals surface area contributed by atoms with Gasteiger partial charge in [0.25, 0.3) is 0 Å². The Hall–Kier alpha value is -0.610. The van der Waals surface area contributed by atoms with Gasteiger partial charge < -0.3 is 9.64 Å². The third kappa shape index (κ3) is 3.19. The van der Waals surface area contributed by atoms with Crippen molar-refractivity contribution in [2.75, 3.05) is 19.8 Å². The molecule has 0 bridgehead atoms. The van der Waals surface area contributed by atoms with E-state index in [2.05, 4.69) is 19.2 Å². The molecule has 1 amide bonds. The highest BCUT2D eigenvalue weighted by Gasteiger charge is 2.37. The Morgan fingerprint density at radius 3 is 2.76 bits per heavy atom. The molecule has 1 saturated heterocycles. The minimum absolute atomic E-state index is 0.0502. The Morgan fingerprint density at radius 2 is 2.18 bits per heavy atom. The molecule has 1 saturated carbocycles. The maximum absolute atomic E-state index is 12.0. The third-order valence-electron chi connectivity index (χ3n) is 3.57. The molecule has 1 N–H and O–H groups in total. The molecule has 2 aliphatic rings. The predicted molar refractivity (Wildman–Crippen MR) is 66.5 cm³/mol. The van der Waals surface area contributed by atoms with Gasteiger partial charge in [0, 0.05) is 13.2 Å². The van der Waals surface area contributed by atoms with Crippen molar-refractivity contribution >= 4 is 5.91 Å². The van der Waals surface area contributed by atoms with Crippen molar-refractivity contribution in [2.45, 2.75) is 45.8 Å². The Kier molecular flexibility index (Phi) is 4.05. The summed E-state index contributed by atoms with van der Waals surface area (Å²) in [6.45, 7) is 8.47. The van der Waals surface area contributed by atoms with Crippen LogP contribution < -0.4 is 5.32 Å². The molecule has 0 aromatic rings. The first-order chi connectivity index (χ1) is 8.09. The van der Waals surface area contributed by atoms with Gasteiger partial charge >= 0.3 is 0 Å². The lowest BCUT2D eigenvalue weighted by molar-refractivity contribution is -0.131. The van der Waals surface area contributed by atoms with Gasteiger partial charge in [0.1, 0.15) is 0 Å². The first-order valence-electron chi connectivity index (χ1n) is 6.74. The number of amides is 1. The SMILES string of the molecule is CC1NC(C(C)C)N(CCOCC2CC2)C1=O. The van der Waals surface area contributed by atoms with Crippen LogP contribution >= 0.6 is 0 Å². The first-order valence-corrected chi connectivity index (χ1v) is 6.74. The maximum Gasteiger partial charge on any atom is 0.240 e. The van der Waals surface area contributed by atoms with Crippen molar-refractivity contribution < 1.29 is 9.53 Å². The van der Waals surface area contributed by atoms with Crippen molar-refractivity contribution in [1.82, 2.24) is 10.2 Å². The highest BCUT2D eigenvalue weighted by atomic mass is 16.5. The van der Waals surface area contributed by atoms with Crippen LogP contribution in [0.2, 0.25) is 0 Å². The van der Waals surface area contributed by atoms with Crippen LogP contribution in [0.5, 0.6) is 0 Å². The summed E-state index contributed by atoms with van der Waals surface area (Å²) in [7, 11) is 0. The summed E-state index contributed by atoms with van der Waals surface area (Å²) in [4.78, 5) is 13.9. The molecule has 2 rings (SSSR count). The van der Waals surface area contributed by atoms with Crippen LogP contribution in [0.15, 0.2) is 0 Å². The van der Waals surface area contributed by atoms with E-state index in [0.29, 0.717) is 19.1 Å². The van der Waals surface area contributed by atoms with E-state index in [9.17, 15) is 4.79 Å². The summed E-state index contributed by atoms with van der Waals surface area (Å²) in [6.07, 6.45) is 2.80. The molecular weight excluding hydrogens is 216 g/mol. The minimum atomic E-state index is -0.0502. The van der Waals surface area contributed by atoms with Gasteiger partial charge in [-0.3, -0.25) is 10.1 Å². The van der Waals surface area contributed by atoms with E-state index in [1.807, 2.05) is 11.8 Å². The lowest BCUT2D eigenvalue weighted by atomic mass is 10.1. The number of rotatable bonds is 6. The summed E-state index contributed by atoms with van der Waals surface area (Å²) in [5, 5.41) is 3.34. The second-order valence-electron chi connectivity index (χ2n) is 5.63. The molecule has 4 nitrogen and oxygen atoms in total. The summed E-state index contributed by atoms with van der Waals surface area (Å²) >= 11 is 0. The molecule has 1 aliphatic carbocycles. The third-order valence-corrected chi connectivity index (χ3v) is 3.57. The predicted octanol–water partition coefficient (Wildman–Crippen LogP) is 1.22. The molecule has 1 aliphatic heterocycles. The summed E-state index contributed by atoms with van der Waals surface area (Å²) in [6, 6.07) is -0.0502. The molecule has 0 aromatic carbocycles. The van der Waals surface area contributed by atoms with Gasteiger partial charge in [-0.25, -0.2) is 0 Å². The van der Waals surface area contributed by atoms with E-state index in [1.54, 1.807) is 0 Å². The van der Waals surface area contributed by atoms with Gasteiger partial charge in [-0.05, 0) is 31.6 Å². The number of nitrogens with one attached hydrogen (secondary N) is 1. The molecule has 98 valence electrons. The van der Waals surface area contributed by atoms with Crippen LogP contribution in [0.4, 0.5) is 0 Å². The van der Waals surface area contributed by atoms with Crippen LogP contribution in [0.25, 0.3) is 0 Å². The molecule has 0 aromatic heterocycles. The average Bonchev–Trinajstić information content (AvgIpc) is 3.05. The van der Waals surface area contributed by atoms with Gasteiger partial charge in [0.15, 0.2) is 0 Å². The van der Waals surface area contributed by atoms with Gasteiger partial charge in [0.2, 0.25) is 5.91 Å². The number of ether oxygens (including phenoxy) is 1. The van der Waals surface area contributed by atoms with Crippen molar-refractivity contribution in [2.24, 2.45) is 11.8 Å². The van der Waals surface area contributed by atoms with E-state index in [4.69, 9.17) is 4.74 Å². The molecule has 17 heavy (non-hydrogen) atoms. The monoisotopic (exact) mass is 240 g/mol. The summed E-state index contributed by atoms with van der Waals surface area (Å²) in [5.41, 5.74) is 0. The Morgan fingerprint density at radius 1 is 1.47 bits per heavy atom. The van der Waals surface area contributed by atoms with Gasteiger partial charge in [0.05, 0.1) is 18.8 Å². The van der Waals surface area contributed by atoms with Gasteiger partial charge in [-0.15, -0.1) is 0 Å². The zero-order valence-corrected chi connectivity index (χ0v) is 11.1. The van der Waals surface area contributed by atoms with Crippen LogP contribution in [-0.4, -0.2) is 42.8 Å². The largest absolute Gasteiger partial charge is 0.379 e. The van der Waals surface area contributed by atoms with Crippen LogP contribution in [-0.2, 0) is 9.53 Å². The summed E-state index contributed by atoms with van der Waals surface area (Å²) < 4.78 is 5.61. The fourth-order valence-electron chi connectivity index (χ4n) is 2.30. The number of carbonyl (C=O) groups excluding carboxylic acids is 1. The zero-order valence-electron chi connectivity index (χ0n) is 11.1. The number of carbonyl (C=O) groups is 1. The molecule has 0 radical (unpaired) electrons. The van der Waals surface area contributed by atoms with E-state index < -0.39 is 0 Å². The van der Waals surface area contributed by atoms with Crippen LogP contribution in [0.3, 0.4) is 0 Å². The number of hydrogen-bond acceptors (Lipinski definition) is 3. The molecular formula is C13H24N2O2. The fourth-order valence-corrected chi connectivity index (χ4v) is 2.30. The second-order valence-corrected chi connectivity index (χ2v) is 5.63. The van der Waals surface area contributed by atoms with E-state index >= 15 is 0 Å². The Labute approximate surface area is 104 Å². The lowest BCUT2D eigenvalue weighted by Gasteiger charge is -2.27. The lowest BCUT2D eigenvalue weighted by Crippen LogP contribution is -2.43. The molecule has 1 heterocycles. The average molecular weight is 240 g/mol. The topological polar surface area (TPSA) is 41.6 Å². The van der Waals surface area contributed by atoms with Gasteiger partial charge in [-0.2, -0.15) is 0 Å². The van der Waals surface area contributed by atoms with Crippen molar-refractivity contribution in [3.63, 3.8) is 0 Å². The van der Waals surface area contributed by atoms with Crippen molar-refractivity contribution in [1.29, 1.82) is 0 Å². The number of nitrogens with zero attached hydrogens (tertiary/aromatic N) is 1. The van der Waals surface area contributed by atoms with Crippen LogP contribution in [0, 0.1) is 11.8 Å². The number of hydrogen-bond donors (Lipinski definition) is 1. The first kappa shape index (κ1) is 12.8. The molecule has 4 heteroatoms. The quantitative estimate of drug-likeness (QED) is 0.710. The van der Waals surface area contributed by atoms with Crippen LogP contribution in [0.1, 0.15) is 33.6 Å². The highest BCUT2D eigenvalue weighted by molar-refractivity contribution is 5.83. The van der Waals surface area contributed by atoms with Gasteiger partial charge in [-0.1, -0.05) is 13.8 Å². The van der Waals surface area contributed by atoms with E-state index in [0.717, 1.165) is 12.5 Å². The maximum atomic E-state index is 12.0. The Bertz CT molecular complexity index is 277. The smallest absolute Gasteiger partial charge is 0.240 e. The molecule has 0 spiro atoms. The van der Waals surface area contributed by atoms with Crippen molar-refractivity contribution in [3.05, 3.63) is 0 Å². The van der Waals surface area contributed by atoms with E-state index in [-0.39, 0.29) is 18.1 Å². The Balaban J connectivity index is 1.76. The summed E-state index contributed by atoms with van der Waals surface area (Å²) in [5.74, 6) is 1.44. The molecule has 2 atom stereocenters. The standard InChI is InChI=1S/C13H24N2O2/c1-9(2)12-14-10(3)13(16)15(12)6-7-17-8-11-4-5-11/h9-12,14H,4-8H2,1-3H3. The fraction of sp³-hybridized carbons (Fsp3) is 0.923. The van der Waals surface area contributed by atoms with E-state index in [1.165, 1.54) is 12.8 Å². The second kappa shape index (κ2) is 5.36. The minimum Gasteiger partial charge on any atom is -0.379 e. The zero-order chi connectivity index (χ0) is 12.4. The van der Waals surface area contributed by atoms with Crippen molar-refractivity contribution in [3.8, 4) is 0 Å². The molecule has 2 unspecified atom stereocenters. The highest BCUT2D eigenvalue weighted by Crippen LogP contribution is 2.28. The molecule has 2 fully saturated rings. The normalized spacial score (nSPS) is 29.4.